The normalized spacial score (nSPS) is 26.5. The molecule has 1 N–H and O–H groups in total. The van der Waals surface area contributed by atoms with Gasteiger partial charge < -0.3 is 10.4 Å². The summed E-state index contributed by atoms with van der Waals surface area (Å²) in [6.07, 6.45) is 2.38. The Kier molecular flexibility index (Phi) is 4.02. The van der Waals surface area contributed by atoms with Crippen LogP contribution in [0.25, 0.3) is 0 Å². The van der Waals surface area contributed by atoms with E-state index in [0.717, 1.165) is 12.2 Å². The zero-order valence-corrected chi connectivity index (χ0v) is 11.6. The van der Waals surface area contributed by atoms with Gasteiger partial charge in [0.05, 0.1) is 5.03 Å². The van der Waals surface area contributed by atoms with E-state index in [4.69, 9.17) is 17.0 Å². The van der Waals surface area contributed by atoms with Gasteiger partial charge in [-0.1, -0.05) is 25.4 Å². The predicted octanol–water partition coefficient (Wildman–Crippen LogP) is 3.07. The summed E-state index contributed by atoms with van der Waals surface area (Å²) in [6, 6.07) is 0.519. The average Bonchev–Trinajstić information content (AvgIpc) is 2.48. The molecule has 1 heterocycles. The Morgan fingerprint density at radius 2 is 2.12 bits per heavy atom. The topological polar surface area (TPSA) is 30.3 Å². The maximum Gasteiger partial charge on any atom is 0.0784 e. The third-order valence-electron chi connectivity index (χ3n) is 3.29. The first-order valence-electron chi connectivity index (χ1n) is 5.65. The molecule has 4 heteroatoms. The van der Waals surface area contributed by atoms with E-state index in [1.807, 2.05) is 14.0 Å². The van der Waals surface area contributed by atoms with E-state index in [0.29, 0.717) is 16.5 Å². The molecule has 1 atom stereocenters. The second kappa shape index (κ2) is 4.76. The largest absolute Gasteiger partial charge is 0.311 e. The van der Waals surface area contributed by atoms with Crippen molar-refractivity contribution in [3.63, 3.8) is 0 Å². The molecule has 1 rings (SSSR count). The zero-order valence-electron chi connectivity index (χ0n) is 10.8. The molecular weight excluding hydrogens is 222 g/mol. The fraction of sp³-hybridized carbons (Fsp3) is 0.750. The van der Waals surface area contributed by atoms with Crippen molar-refractivity contribution in [1.82, 2.24) is 10.0 Å². The number of nitrogens with zero attached hydrogens (tertiary/aromatic N) is 2. The molecule has 0 aromatic carbocycles. The summed E-state index contributed by atoms with van der Waals surface area (Å²) in [5.41, 5.74) is 1.28. The van der Waals surface area contributed by atoms with Crippen LogP contribution in [0.5, 0.6) is 0 Å². The lowest BCUT2D eigenvalue weighted by Gasteiger charge is -2.34. The first kappa shape index (κ1) is 13.5. The van der Waals surface area contributed by atoms with E-state index in [1.54, 1.807) is 0 Å². The van der Waals surface area contributed by atoms with Gasteiger partial charge in [0.25, 0.3) is 0 Å². The summed E-state index contributed by atoms with van der Waals surface area (Å²) in [7, 11) is 2.01. The van der Waals surface area contributed by atoms with Gasteiger partial charge in [-0.2, -0.15) is 0 Å². The van der Waals surface area contributed by atoms with E-state index >= 15 is 0 Å². The highest BCUT2D eigenvalue weighted by Crippen LogP contribution is 2.35. The molecule has 1 saturated heterocycles. The van der Waals surface area contributed by atoms with E-state index in [1.165, 1.54) is 12.6 Å². The molecule has 1 aliphatic heterocycles. The summed E-state index contributed by atoms with van der Waals surface area (Å²) >= 11 is 5.98. The van der Waals surface area contributed by atoms with Crippen LogP contribution in [0.1, 0.15) is 34.1 Å². The lowest BCUT2D eigenvalue weighted by atomic mass is 9.91. The van der Waals surface area contributed by atoms with Crippen LogP contribution in [0.4, 0.5) is 0 Å². The van der Waals surface area contributed by atoms with Gasteiger partial charge in [-0.3, -0.25) is 0 Å². The number of hydrazine groups is 1. The van der Waals surface area contributed by atoms with Gasteiger partial charge in [0.15, 0.2) is 0 Å². The van der Waals surface area contributed by atoms with Crippen LogP contribution in [0, 0.1) is 10.8 Å². The maximum atomic E-state index is 7.17. The number of halogens is 1. The predicted molar refractivity (Wildman–Crippen MR) is 69.7 cm³/mol. The second-order valence-corrected chi connectivity index (χ2v) is 5.82. The SMILES string of the molecule is C/C(=C(/Cl)C=N)N(C)N1CC(C)(C)CC1C. The third-order valence-corrected chi connectivity index (χ3v) is 3.67. The molecule has 3 nitrogen and oxygen atoms in total. The molecule has 16 heavy (non-hydrogen) atoms. The maximum absolute atomic E-state index is 7.17. The quantitative estimate of drug-likeness (QED) is 0.773. The molecule has 92 valence electrons. The van der Waals surface area contributed by atoms with Gasteiger partial charge in [-0.15, -0.1) is 0 Å². The van der Waals surface area contributed by atoms with Crippen LogP contribution in [0.15, 0.2) is 10.7 Å². The molecule has 1 aliphatic rings. The molecule has 1 unspecified atom stereocenters. The lowest BCUT2D eigenvalue weighted by Crippen LogP contribution is -2.41. The molecular formula is C12H22ClN3. The summed E-state index contributed by atoms with van der Waals surface area (Å²) < 4.78 is 0. The van der Waals surface area contributed by atoms with Gasteiger partial charge in [0.2, 0.25) is 0 Å². The number of hydrogen-bond donors (Lipinski definition) is 1. The zero-order chi connectivity index (χ0) is 12.5. The average molecular weight is 244 g/mol. The molecule has 0 aliphatic carbocycles. The van der Waals surface area contributed by atoms with Crippen molar-refractivity contribution < 1.29 is 0 Å². The Morgan fingerprint density at radius 1 is 1.56 bits per heavy atom. The number of hydrogen-bond acceptors (Lipinski definition) is 3. The van der Waals surface area contributed by atoms with E-state index in [-0.39, 0.29) is 0 Å². The first-order chi connectivity index (χ1) is 7.28. The monoisotopic (exact) mass is 243 g/mol. The van der Waals surface area contributed by atoms with Crippen molar-refractivity contribution in [3.8, 4) is 0 Å². The highest BCUT2D eigenvalue weighted by Gasteiger charge is 2.37. The lowest BCUT2D eigenvalue weighted by molar-refractivity contribution is 0.0200. The van der Waals surface area contributed by atoms with Gasteiger partial charge in [0.1, 0.15) is 0 Å². The van der Waals surface area contributed by atoms with Gasteiger partial charge >= 0.3 is 0 Å². The number of allylic oxidation sites excluding steroid dienone is 2. The Balaban J connectivity index is 2.84. The molecule has 0 amide bonds. The second-order valence-electron chi connectivity index (χ2n) is 5.42. The summed E-state index contributed by atoms with van der Waals surface area (Å²) in [4.78, 5) is 0. The minimum absolute atomic E-state index is 0.352. The Labute approximate surface area is 104 Å². The van der Waals surface area contributed by atoms with Crippen molar-refractivity contribution in [2.75, 3.05) is 13.6 Å². The summed E-state index contributed by atoms with van der Waals surface area (Å²) in [5.74, 6) is 0. The van der Waals surface area contributed by atoms with Crippen molar-refractivity contribution >= 4 is 17.8 Å². The van der Waals surface area contributed by atoms with Crippen molar-refractivity contribution in [2.45, 2.75) is 40.2 Å². The third kappa shape index (κ3) is 2.77. The number of nitrogens with one attached hydrogen (secondary N) is 1. The number of rotatable bonds is 3. The van der Waals surface area contributed by atoms with Gasteiger partial charge in [-0.25, -0.2) is 5.01 Å². The first-order valence-corrected chi connectivity index (χ1v) is 6.03. The van der Waals surface area contributed by atoms with Crippen LogP contribution < -0.4 is 0 Å². The highest BCUT2D eigenvalue weighted by atomic mass is 35.5. The molecule has 0 bridgehead atoms. The summed E-state index contributed by atoms with van der Waals surface area (Å²) in [5, 5.41) is 12.1. The van der Waals surface area contributed by atoms with Gasteiger partial charge in [-0.05, 0) is 25.7 Å². The molecule has 0 saturated carbocycles. The van der Waals surface area contributed by atoms with Crippen molar-refractivity contribution in [2.24, 2.45) is 5.41 Å². The molecule has 0 aromatic rings. The van der Waals surface area contributed by atoms with E-state index in [9.17, 15) is 0 Å². The smallest absolute Gasteiger partial charge is 0.0784 e. The Bertz CT molecular complexity index is 309. The molecule has 0 spiro atoms. The van der Waals surface area contributed by atoms with Crippen LogP contribution in [-0.2, 0) is 0 Å². The van der Waals surface area contributed by atoms with E-state index < -0.39 is 0 Å². The minimum Gasteiger partial charge on any atom is -0.311 e. The van der Waals surface area contributed by atoms with Crippen LogP contribution in [0.3, 0.4) is 0 Å². The van der Waals surface area contributed by atoms with Crippen LogP contribution >= 0.6 is 11.6 Å². The van der Waals surface area contributed by atoms with Crippen molar-refractivity contribution in [3.05, 3.63) is 10.7 Å². The van der Waals surface area contributed by atoms with Crippen molar-refractivity contribution in [1.29, 1.82) is 5.41 Å². The molecule has 1 fully saturated rings. The fourth-order valence-electron chi connectivity index (χ4n) is 2.42. The highest BCUT2D eigenvalue weighted by molar-refractivity contribution is 6.39. The molecule has 0 aromatic heterocycles. The summed E-state index contributed by atoms with van der Waals surface area (Å²) in [6.45, 7) is 9.79. The fourth-order valence-corrected chi connectivity index (χ4v) is 2.54. The standard InChI is InChI=1S/C12H22ClN3/c1-9-6-12(3,4)8-16(9)15(5)10(2)11(13)7-14/h7,9,14H,6,8H2,1-5H3/b11-10-,14-7?. The van der Waals surface area contributed by atoms with E-state index in [2.05, 4.69) is 30.8 Å². The van der Waals surface area contributed by atoms with Crippen LogP contribution in [0.2, 0.25) is 0 Å². The molecule has 0 radical (unpaired) electrons. The van der Waals surface area contributed by atoms with Crippen LogP contribution in [-0.4, -0.2) is 35.9 Å². The Morgan fingerprint density at radius 3 is 2.50 bits per heavy atom. The Hall–Kier alpha value is -0.540. The minimum atomic E-state index is 0.352. The van der Waals surface area contributed by atoms with Gasteiger partial charge in [0, 0.05) is 31.5 Å².